The molecule has 220 valence electrons. The molecule has 0 saturated heterocycles. The third-order valence-corrected chi connectivity index (χ3v) is 10.1. The molecular weight excluding hydrogens is 540 g/mol. The minimum Gasteiger partial charge on any atom is -0.485 e. The van der Waals surface area contributed by atoms with Crippen molar-refractivity contribution in [3.8, 4) is 5.75 Å². The number of carboxylic acid groups (broad SMARTS) is 1. The van der Waals surface area contributed by atoms with Crippen LogP contribution in [-0.2, 0) is 26.7 Å². The van der Waals surface area contributed by atoms with Gasteiger partial charge in [-0.3, -0.25) is 9.35 Å². The highest BCUT2D eigenvalue weighted by atomic mass is 32.2. The lowest BCUT2D eigenvalue weighted by molar-refractivity contribution is -0.444. The van der Waals surface area contributed by atoms with Crippen LogP contribution in [0, 0.1) is 0 Å². The van der Waals surface area contributed by atoms with Gasteiger partial charge < -0.3 is 14.7 Å². The van der Waals surface area contributed by atoms with E-state index in [1.165, 1.54) is 22.5 Å². The molecule has 2 aromatic carbocycles. The van der Waals surface area contributed by atoms with Crippen molar-refractivity contribution in [1.29, 1.82) is 0 Å². The number of benzene rings is 2. The number of hydrogen-bond donors (Lipinski definition) is 2. The van der Waals surface area contributed by atoms with Gasteiger partial charge in [0.15, 0.2) is 12.3 Å². The lowest BCUT2D eigenvalue weighted by Gasteiger charge is -2.32. The predicted molar refractivity (Wildman–Crippen MR) is 161 cm³/mol. The van der Waals surface area contributed by atoms with Gasteiger partial charge in [-0.15, -0.1) is 0 Å². The molecule has 8 nitrogen and oxygen atoms in total. The lowest BCUT2D eigenvalue weighted by atomic mass is 9.75. The van der Waals surface area contributed by atoms with E-state index in [1.807, 2.05) is 0 Å². The summed E-state index contributed by atoms with van der Waals surface area (Å²) in [5.41, 5.74) is 7.89. The van der Waals surface area contributed by atoms with E-state index in [1.54, 1.807) is 6.92 Å². The van der Waals surface area contributed by atoms with E-state index in [0.717, 1.165) is 54.9 Å². The zero-order valence-corrected chi connectivity index (χ0v) is 25.2. The van der Waals surface area contributed by atoms with Crippen molar-refractivity contribution in [3.63, 3.8) is 0 Å². The minimum atomic E-state index is -4.03. The van der Waals surface area contributed by atoms with Crippen molar-refractivity contribution in [2.75, 3.05) is 25.0 Å². The van der Waals surface area contributed by atoms with Crippen LogP contribution in [0.3, 0.4) is 0 Å². The van der Waals surface area contributed by atoms with Crippen LogP contribution >= 0.6 is 0 Å². The van der Waals surface area contributed by atoms with Crippen LogP contribution < -0.4 is 9.64 Å². The van der Waals surface area contributed by atoms with Crippen molar-refractivity contribution in [1.82, 2.24) is 0 Å². The normalized spacial score (nSPS) is 19.3. The summed E-state index contributed by atoms with van der Waals surface area (Å²) in [5, 5.41) is 8.04. The Labute approximate surface area is 243 Å². The second-order valence-electron chi connectivity index (χ2n) is 12.2. The maximum Gasteiger partial charge on any atom is 0.303 e. The SMILES string of the molecule is CC(CCc1ccc2c(c1)C(C)(C)C1=[N+]2CCC2Oc3cc(N(C)CCCCCC(=O)O)ccc3C=C12)S(=O)(=O)O. The van der Waals surface area contributed by atoms with Gasteiger partial charge in [0, 0.05) is 55.4 Å². The number of nitrogens with zero attached hydrogens (tertiary/aromatic N) is 2. The molecule has 9 heteroatoms. The van der Waals surface area contributed by atoms with Gasteiger partial charge in [0.1, 0.15) is 11.9 Å². The van der Waals surface area contributed by atoms with Crippen molar-refractivity contribution < 1.29 is 32.2 Å². The second-order valence-corrected chi connectivity index (χ2v) is 14.0. The van der Waals surface area contributed by atoms with E-state index in [9.17, 15) is 17.8 Å². The molecule has 2 unspecified atom stereocenters. The number of hydrogen-bond acceptors (Lipinski definition) is 5. The maximum atomic E-state index is 11.5. The molecule has 3 aliphatic heterocycles. The van der Waals surface area contributed by atoms with E-state index < -0.39 is 21.3 Å². The Morgan fingerprint density at radius 2 is 1.95 bits per heavy atom. The summed E-state index contributed by atoms with van der Waals surface area (Å²) in [7, 11) is -1.97. The number of unbranched alkanes of at least 4 members (excludes halogenated alkanes) is 2. The molecule has 0 spiro atoms. The van der Waals surface area contributed by atoms with Gasteiger partial charge in [0.2, 0.25) is 5.69 Å². The van der Waals surface area contributed by atoms with Crippen LogP contribution in [0.15, 0.2) is 42.0 Å². The number of aliphatic carboxylic acids is 1. The Kier molecular flexibility index (Phi) is 8.05. The Bertz CT molecular complexity index is 1520. The van der Waals surface area contributed by atoms with Gasteiger partial charge in [-0.1, -0.05) is 12.5 Å². The first-order chi connectivity index (χ1) is 19.4. The first-order valence-electron chi connectivity index (χ1n) is 14.6. The van der Waals surface area contributed by atoms with E-state index >= 15 is 0 Å². The fourth-order valence-corrected chi connectivity index (χ4v) is 6.82. The van der Waals surface area contributed by atoms with Gasteiger partial charge in [-0.05, 0) is 76.3 Å². The molecule has 2 aromatic rings. The molecule has 0 saturated carbocycles. The highest BCUT2D eigenvalue weighted by molar-refractivity contribution is 7.86. The average Bonchev–Trinajstić information content (AvgIpc) is 3.15. The highest BCUT2D eigenvalue weighted by Gasteiger charge is 2.52. The first kappa shape index (κ1) is 29.3. The summed E-state index contributed by atoms with van der Waals surface area (Å²) in [6.07, 6.45) is 6.86. The number of carboxylic acids is 1. The minimum absolute atomic E-state index is 0.0195. The summed E-state index contributed by atoms with van der Waals surface area (Å²) in [6.45, 7) is 7.76. The van der Waals surface area contributed by atoms with Crippen LogP contribution in [-0.4, -0.2) is 65.8 Å². The van der Waals surface area contributed by atoms with Crippen LogP contribution in [0.2, 0.25) is 0 Å². The molecule has 5 rings (SSSR count). The average molecular weight is 582 g/mol. The zero-order chi connectivity index (χ0) is 29.5. The van der Waals surface area contributed by atoms with E-state index in [-0.39, 0.29) is 17.9 Å². The fourth-order valence-electron chi connectivity index (χ4n) is 6.40. The third kappa shape index (κ3) is 5.93. The quantitative estimate of drug-likeness (QED) is 0.202. The van der Waals surface area contributed by atoms with Gasteiger partial charge >= 0.3 is 5.97 Å². The molecule has 0 bridgehead atoms. The largest absolute Gasteiger partial charge is 0.485 e. The number of carbonyl (C=O) groups is 1. The maximum absolute atomic E-state index is 11.5. The smallest absolute Gasteiger partial charge is 0.303 e. The highest BCUT2D eigenvalue weighted by Crippen LogP contribution is 2.47. The van der Waals surface area contributed by atoms with Crippen LogP contribution in [0.25, 0.3) is 6.08 Å². The molecule has 0 amide bonds. The second kappa shape index (κ2) is 11.2. The Balaban J connectivity index is 1.34. The van der Waals surface area contributed by atoms with Gasteiger partial charge in [0.25, 0.3) is 10.1 Å². The molecular formula is C32H41N2O6S+. The Morgan fingerprint density at radius 3 is 2.68 bits per heavy atom. The van der Waals surface area contributed by atoms with E-state index in [4.69, 9.17) is 9.84 Å². The third-order valence-electron chi connectivity index (χ3n) is 8.87. The standard InChI is InChI=1S/C32H40N2O6S/c1-21(41(37,38)39)9-10-22-11-14-27-26(18-22)32(2,3)31-25-19-23-12-13-24(33(4)16-7-5-6-8-30(35)36)20-29(23)40-28(25)15-17-34(27)31/h11-14,18-21,28H,5-10,15-17H2,1-4H3,(H-,35,36,37,38,39)/p+1. The van der Waals surface area contributed by atoms with Crippen LogP contribution in [0.5, 0.6) is 5.75 Å². The number of rotatable bonds is 11. The van der Waals surface area contributed by atoms with Gasteiger partial charge in [-0.25, -0.2) is 0 Å². The molecule has 0 fully saturated rings. The first-order valence-corrected chi connectivity index (χ1v) is 16.1. The van der Waals surface area contributed by atoms with Gasteiger partial charge in [0.05, 0.1) is 16.2 Å². The van der Waals surface area contributed by atoms with Crippen molar-refractivity contribution in [3.05, 3.63) is 58.7 Å². The summed E-state index contributed by atoms with van der Waals surface area (Å²) in [6, 6.07) is 12.8. The topological polar surface area (TPSA) is 107 Å². The lowest BCUT2D eigenvalue weighted by Crippen LogP contribution is -2.42. The molecule has 0 aliphatic carbocycles. The predicted octanol–water partition coefficient (Wildman–Crippen LogP) is 5.60. The Morgan fingerprint density at radius 1 is 1.17 bits per heavy atom. The molecule has 2 atom stereocenters. The van der Waals surface area contributed by atoms with Crippen molar-refractivity contribution in [2.45, 2.75) is 82.5 Å². The van der Waals surface area contributed by atoms with Crippen molar-refractivity contribution in [2.24, 2.45) is 0 Å². The van der Waals surface area contributed by atoms with E-state index in [2.05, 4.69) is 72.8 Å². The molecule has 2 N–H and O–H groups in total. The summed E-state index contributed by atoms with van der Waals surface area (Å²) < 4.78 is 41.4. The zero-order valence-electron chi connectivity index (χ0n) is 24.4. The Hall–Kier alpha value is -3.17. The molecule has 0 aromatic heterocycles. The van der Waals surface area contributed by atoms with Crippen molar-refractivity contribution >= 4 is 39.2 Å². The van der Waals surface area contributed by atoms with Gasteiger partial charge in [-0.2, -0.15) is 13.0 Å². The summed E-state index contributed by atoms with van der Waals surface area (Å²) in [4.78, 5) is 12.9. The van der Waals surface area contributed by atoms with Crippen LogP contribution in [0.4, 0.5) is 11.4 Å². The number of aryl methyl sites for hydroxylation is 1. The number of ether oxygens (including phenoxy) is 1. The summed E-state index contributed by atoms with van der Waals surface area (Å²) in [5.74, 6) is 0.159. The monoisotopic (exact) mass is 581 g/mol. The number of anilines is 1. The van der Waals surface area contributed by atoms with Crippen LogP contribution in [0.1, 0.15) is 76.0 Å². The molecule has 3 heterocycles. The fraction of sp³-hybridized carbons (Fsp3) is 0.500. The molecule has 0 radical (unpaired) electrons. The van der Waals surface area contributed by atoms with E-state index in [0.29, 0.717) is 19.3 Å². The molecule has 41 heavy (non-hydrogen) atoms. The summed E-state index contributed by atoms with van der Waals surface area (Å²) >= 11 is 0. The molecule has 3 aliphatic rings. The number of fused-ring (bicyclic) bond motifs is 5.